The number of hydrogen-bond donors (Lipinski definition) is 1. The monoisotopic (exact) mass is 498 g/mol. The summed E-state index contributed by atoms with van der Waals surface area (Å²) in [7, 11) is 0. The van der Waals surface area contributed by atoms with Crippen LogP contribution in [0.3, 0.4) is 0 Å². The molecule has 1 atom stereocenters. The normalized spacial score (nSPS) is 17.3. The van der Waals surface area contributed by atoms with Crippen LogP contribution < -0.4 is 9.64 Å². The number of benzene rings is 3. The maximum atomic E-state index is 13.4. The van der Waals surface area contributed by atoms with Crippen molar-refractivity contribution in [3.63, 3.8) is 0 Å². The number of aromatic nitrogens is 1. The summed E-state index contributed by atoms with van der Waals surface area (Å²) in [5.41, 5.74) is 3.10. The van der Waals surface area contributed by atoms with Gasteiger partial charge in [-0.25, -0.2) is 4.98 Å². The average molecular weight is 499 g/mol. The maximum absolute atomic E-state index is 13.4. The quantitative estimate of drug-likeness (QED) is 0.188. The molecule has 0 unspecified atom stereocenters. The number of thiazole rings is 1. The lowest BCUT2D eigenvalue weighted by atomic mass is 9.93. The summed E-state index contributed by atoms with van der Waals surface area (Å²) in [4.78, 5) is 32.9. The van der Waals surface area contributed by atoms with Crippen LogP contribution in [0, 0.1) is 0 Å². The summed E-state index contributed by atoms with van der Waals surface area (Å²) in [5, 5.41) is 11.6. The Balaban J connectivity index is 1.68. The molecule has 0 saturated carbocycles. The summed E-state index contributed by atoms with van der Waals surface area (Å²) < 4.78 is 6.45. The summed E-state index contributed by atoms with van der Waals surface area (Å²) >= 11 is 1.31. The van der Waals surface area contributed by atoms with Gasteiger partial charge in [0.1, 0.15) is 11.5 Å². The van der Waals surface area contributed by atoms with Crippen molar-refractivity contribution in [2.24, 2.45) is 0 Å². The van der Waals surface area contributed by atoms with Gasteiger partial charge in [0, 0.05) is 5.56 Å². The molecule has 4 aromatic rings. The van der Waals surface area contributed by atoms with E-state index in [1.807, 2.05) is 55.5 Å². The molecule has 3 aromatic carbocycles. The van der Waals surface area contributed by atoms with Crippen molar-refractivity contribution in [3.8, 4) is 5.75 Å². The van der Waals surface area contributed by atoms with Crippen molar-refractivity contribution in [2.75, 3.05) is 11.5 Å². The lowest BCUT2D eigenvalue weighted by Gasteiger charge is -2.23. The van der Waals surface area contributed by atoms with Crippen molar-refractivity contribution in [1.82, 2.24) is 4.98 Å². The van der Waals surface area contributed by atoms with E-state index in [-0.39, 0.29) is 11.3 Å². The van der Waals surface area contributed by atoms with E-state index in [4.69, 9.17) is 4.74 Å². The predicted octanol–water partition coefficient (Wildman–Crippen LogP) is 6.44. The first-order valence-corrected chi connectivity index (χ1v) is 12.7. The molecule has 7 heteroatoms. The van der Waals surface area contributed by atoms with Crippen LogP contribution in [0.25, 0.3) is 16.0 Å². The van der Waals surface area contributed by atoms with Gasteiger partial charge in [-0.1, -0.05) is 79.8 Å². The number of carbonyl (C=O) groups is 2. The highest BCUT2D eigenvalue weighted by molar-refractivity contribution is 7.22. The van der Waals surface area contributed by atoms with Crippen LogP contribution in [0.1, 0.15) is 49.4 Å². The van der Waals surface area contributed by atoms with Crippen LogP contribution in [-0.2, 0) is 9.59 Å². The van der Waals surface area contributed by atoms with Crippen molar-refractivity contribution >= 4 is 44.1 Å². The van der Waals surface area contributed by atoms with Gasteiger partial charge >= 0.3 is 5.91 Å². The molecule has 0 aliphatic carbocycles. The minimum absolute atomic E-state index is 0.0535. The van der Waals surface area contributed by atoms with Crippen LogP contribution in [0.4, 0.5) is 5.13 Å². The lowest BCUT2D eigenvalue weighted by Crippen LogP contribution is -2.29. The Morgan fingerprint density at radius 2 is 1.78 bits per heavy atom. The molecular weight excluding hydrogens is 472 g/mol. The molecule has 0 spiro atoms. The van der Waals surface area contributed by atoms with Gasteiger partial charge in [0.25, 0.3) is 5.78 Å². The highest BCUT2D eigenvalue weighted by atomic mass is 32.1. The average Bonchev–Trinajstić information content (AvgIpc) is 3.42. The first-order chi connectivity index (χ1) is 17.4. The minimum atomic E-state index is -0.807. The van der Waals surface area contributed by atoms with Gasteiger partial charge in [-0.3, -0.25) is 14.5 Å². The van der Waals surface area contributed by atoms with E-state index >= 15 is 0 Å². The largest absolute Gasteiger partial charge is 0.507 e. The number of hydrogen-bond acceptors (Lipinski definition) is 6. The number of nitrogens with zero attached hydrogens (tertiary/aromatic N) is 2. The fourth-order valence-electron chi connectivity index (χ4n) is 4.41. The van der Waals surface area contributed by atoms with Crippen molar-refractivity contribution in [2.45, 2.75) is 32.7 Å². The third kappa shape index (κ3) is 4.16. The number of ketones is 1. The first kappa shape index (κ1) is 23.8. The molecule has 1 aliphatic heterocycles. The van der Waals surface area contributed by atoms with Gasteiger partial charge in [0.2, 0.25) is 0 Å². The number of aliphatic hydroxyl groups is 1. The van der Waals surface area contributed by atoms with Crippen LogP contribution >= 0.6 is 11.3 Å². The molecule has 1 aliphatic rings. The van der Waals surface area contributed by atoms with E-state index in [9.17, 15) is 14.7 Å². The lowest BCUT2D eigenvalue weighted by molar-refractivity contribution is -0.132. The maximum Gasteiger partial charge on any atom is 0.301 e. The number of aliphatic hydroxyl groups excluding tert-OH is 1. The standard InChI is InChI=1S/C29H26N2O4S/c1-4-35-21-14-15-22-23(16-21)36-29(30-22)31-25(19-12-10-18(11-13-19)17(2)3)24(27(33)28(31)34)26(32)20-8-6-5-7-9-20/h5-17,25,32H,4H2,1-3H3/t25-/m0/s1. The van der Waals surface area contributed by atoms with Crippen LogP contribution in [0.15, 0.2) is 78.4 Å². The second kappa shape index (κ2) is 9.59. The molecule has 182 valence electrons. The fraction of sp³-hybridized carbons (Fsp3) is 0.207. The zero-order chi connectivity index (χ0) is 25.4. The Labute approximate surface area is 213 Å². The highest BCUT2D eigenvalue weighted by Gasteiger charge is 2.48. The summed E-state index contributed by atoms with van der Waals surface area (Å²) in [6.45, 7) is 6.67. The Kier molecular flexibility index (Phi) is 6.33. The molecule has 2 heterocycles. The van der Waals surface area contributed by atoms with Crippen LogP contribution in [-0.4, -0.2) is 28.4 Å². The fourth-order valence-corrected chi connectivity index (χ4v) is 5.43. The van der Waals surface area contributed by atoms with Gasteiger partial charge < -0.3 is 9.84 Å². The van der Waals surface area contributed by atoms with Crippen molar-refractivity contribution in [1.29, 1.82) is 0 Å². The summed E-state index contributed by atoms with van der Waals surface area (Å²) in [5.74, 6) is -0.599. The van der Waals surface area contributed by atoms with E-state index < -0.39 is 17.7 Å². The molecule has 0 radical (unpaired) electrons. The van der Waals surface area contributed by atoms with Crippen LogP contribution in [0.2, 0.25) is 0 Å². The smallest absolute Gasteiger partial charge is 0.301 e. The SMILES string of the molecule is CCOc1ccc2nc(N3C(=O)C(=O)C(=C(O)c4ccccc4)[C@@H]3c3ccc(C(C)C)cc3)sc2c1. The molecule has 1 amide bonds. The predicted molar refractivity (Wildman–Crippen MR) is 143 cm³/mol. The summed E-state index contributed by atoms with van der Waals surface area (Å²) in [6, 6.07) is 21.4. The molecule has 0 bridgehead atoms. The zero-order valence-corrected chi connectivity index (χ0v) is 21.1. The summed E-state index contributed by atoms with van der Waals surface area (Å²) in [6.07, 6.45) is 0. The van der Waals surface area contributed by atoms with E-state index in [2.05, 4.69) is 18.8 Å². The molecule has 1 aromatic heterocycles. The molecule has 1 saturated heterocycles. The van der Waals surface area contributed by atoms with Gasteiger partial charge in [0.15, 0.2) is 5.13 Å². The van der Waals surface area contributed by atoms with Gasteiger partial charge in [-0.05, 0) is 42.2 Å². The minimum Gasteiger partial charge on any atom is -0.507 e. The second-order valence-electron chi connectivity index (χ2n) is 8.92. The number of amides is 1. The first-order valence-electron chi connectivity index (χ1n) is 11.9. The topological polar surface area (TPSA) is 79.7 Å². The van der Waals surface area contributed by atoms with Crippen molar-refractivity contribution < 1.29 is 19.4 Å². The Morgan fingerprint density at radius 3 is 2.44 bits per heavy atom. The van der Waals surface area contributed by atoms with E-state index in [0.29, 0.717) is 34.5 Å². The number of Topliss-reactive ketones (excluding diaryl/α,β-unsaturated/α-hetero) is 1. The number of ether oxygens (including phenoxy) is 1. The number of carbonyl (C=O) groups excluding carboxylic acids is 2. The number of fused-ring (bicyclic) bond motifs is 1. The highest BCUT2D eigenvalue weighted by Crippen LogP contribution is 2.44. The molecule has 1 fully saturated rings. The molecular formula is C29H26N2O4S. The van der Waals surface area contributed by atoms with Gasteiger partial charge in [-0.2, -0.15) is 0 Å². The van der Waals surface area contributed by atoms with Gasteiger partial charge in [-0.15, -0.1) is 0 Å². The molecule has 6 nitrogen and oxygen atoms in total. The third-order valence-corrected chi connectivity index (χ3v) is 7.29. The van der Waals surface area contributed by atoms with E-state index in [1.165, 1.54) is 16.2 Å². The molecule has 5 rings (SSSR count). The van der Waals surface area contributed by atoms with E-state index in [0.717, 1.165) is 15.8 Å². The molecule has 1 N–H and O–H groups in total. The third-order valence-electron chi connectivity index (χ3n) is 6.28. The van der Waals surface area contributed by atoms with E-state index in [1.54, 1.807) is 24.3 Å². The Bertz CT molecular complexity index is 1470. The van der Waals surface area contributed by atoms with Gasteiger partial charge in [0.05, 0.1) is 28.4 Å². The number of anilines is 1. The Morgan fingerprint density at radius 1 is 1.06 bits per heavy atom. The second-order valence-corrected chi connectivity index (χ2v) is 9.92. The zero-order valence-electron chi connectivity index (χ0n) is 20.3. The van der Waals surface area contributed by atoms with Crippen molar-refractivity contribution in [3.05, 3.63) is 95.1 Å². The molecule has 36 heavy (non-hydrogen) atoms. The number of rotatable bonds is 6. The van der Waals surface area contributed by atoms with Crippen LogP contribution in [0.5, 0.6) is 5.75 Å². The Hall–Kier alpha value is -3.97.